The van der Waals surface area contributed by atoms with Crippen LogP contribution in [-0.4, -0.2) is 45.9 Å². The van der Waals surface area contributed by atoms with Gasteiger partial charge in [-0.15, -0.1) is 11.3 Å². The quantitative estimate of drug-likeness (QED) is 0.645. The Kier molecular flexibility index (Phi) is 5.41. The van der Waals surface area contributed by atoms with Crippen molar-refractivity contribution in [3.05, 3.63) is 64.4 Å². The minimum absolute atomic E-state index is 0.223. The second-order valence-electron chi connectivity index (χ2n) is 10.3. The summed E-state index contributed by atoms with van der Waals surface area (Å²) in [7, 11) is 0. The van der Waals surface area contributed by atoms with E-state index in [1.54, 1.807) is 4.90 Å². The van der Waals surface area contributed by atoms with Crippen LogP contribution in [0.25, 0.3) is 0 Å². The highest BCUT2D eigenvalue weighted by molar-refractivity contribution is 7.09. The Bertz CT molecular complexity index is 1170. The number of anilines is 1. The van der Waals surface area contributed by atoms with Gasteiger partial charge in [0.05, 0.1) is 24.5 Å². The lowest BCUT2D eigenvalue weighted by molar-refractivity contribution is -0.142. The van der Waals surface area contributed by atoms with E-state index in [0.717, 1.165) is 10.4 Å². The Morgan fingerprint density at radius 2 is 1.91 bits per heavy atom. The maximum Gasteiger partial charge on any atom is 0.246 e. The zero-order chi connectivity index (χ0) is 24.3. The van der Waals surface area contributed by atoms with Crippen LogP contribution in [0, 0.1) is 18.8 Å². The molecule has 3 aliphatic heterocycles. The van der Waals surface area contributed by atoms with Crippen LogP contribution in [0.3, 0.4) is 0 Å². The first-order chi connectivity index (χ1) is 16.1. The molecule has 0 aliphatic carbocycles. The number of carbonyl (C=O) groups is 3. The monoisotopic (exact) mass is 479 g/mol. The molecule has 8 heteroatoms. The summed E-state index contributed by atoms with van der Waals surface area (Å²) in [5.74, 6) is -2.24. The molecule has 2 N–H and O–H groups in total. The van der Waals surface area contributed by atoms with Gasteiger partial charge in [0.25, 0.3) is 0 Å². The van der Waals surface area contributed by atoms with Gasteiger partial charge in [-0.1, -0.05) is 36.4 Å². The highest BCUT2D eigenvalue weighted by Crippen LogP contribution is 2.55. The second kappa shape index (κ2) is 8.06. The zero-order valence-electron chi connectivity index (χ0n) is 19.7. The van der Waals surface area contributed by atoms with Crippen molar-refractivity contribution in [1.82, 2.24) is 10.2 Å². The molecule has 0 unspecified atom stereocenters. The molecule has 34 heavy (non-hydrogen) atoms. The average molecular weight is 480 g/mol. The maximum atomic E-state index is 13.9. The van der Waals surface area contributed by atoms with Crippen LogP contribution in [0.5, 0.6) is 0 Å². The first-order valence-corrected chi connectivity index (χ1v) is 12.4. The third kappa shape index (κ3) is 3.65. The van der Waals surface area contributed by atoms with E-state index in [4.69, 9.17) is 4.74 Å². The van der Waals surface area contributed by atoms with Gasteiger partial charge in [-0.25, -0.2) is 0 Å². The number of likely N-dealkylation sites (tertiary alicyclic amines) is 1. The first-order valence-electron chi connectivity index (χ1n) is 11.5. The molecule has 0 radical (unpaired) electrons. The number of fused-ring (bicyclic) bond motifs is 1. The van der Waals surface area contributed by atoms with Gasteiger partial charge in [0.15, 0.2) is 0 Å². The van der Waals surface area contributed by atoms with E-state index in [1.807, 2.05) is 81.6 Å². The molecular weight excluding hydrogens is 450 g/mol. The Hall–Kier alpha value is -2.97. The van der Waals surface area contributed by atoms with Crippen LogP contribution in [0.1, 0.15) is 31.2 Å². The van der Waals surface area contributed by atoms with Crippen LogP contribution in [0.15, 0.2) is 53.9 Å². The third-order valence-electron chi connectivity index (χ3n) is 6.73. The Morgan fingerprint density at radius 3 is 2.59 bits per heavy atom. The van der Waals surface area contributed by atoms with Gasteiger partial charge in [0, 0.05) is 16.1 Å². The topological polar surface area (TPSA) is 87.7 Å². The van der Waals surface area contributed by atoms with Crippen LogP contribution in [-0.2, 0) is 25.7 Å². The van der Waals surface area contributed by atoms with Gasteiger partial charge >= 0.3 is 0 Å². The van der Waals surface area contributed by atoms with Crippen molar-refractivity contribution < 1.29 is 19.1 Å². The van der Waals surface area contributed by atoms with Crippen molar-refractivity contribution in [2.75, 3.05) is 5.32 Å². The van der Waals surface area contributed by atoms with Crippen LogP contribution in [0.2, 0.25) is 0 Å². The molecule has 2 bridgehead atoms. The Morgan fingerprint density at radius 1 is 1.15 bits per heavy atom. The minimum Gasteiger partial charge on any atom is -0.359 e. The highest BCUT2D eigenvalue weighted by atomic mass is 32.1. The number of thiophene rings is 1. The number of carbonyl (C=O) groups excluding carboxylic acids is 3. The molecule has 3 amide bonds. The SMILES string of the molecule is Cc1ccccc1NC(=O)[C@@H]1[C@H]2C=C[C@]3(O2)[C@H](C(=O)NC(C)(C)C)N(Cc2cccs2)C(=O)[C@@H]13. The largest absolute Gasteiger partial charge is 0.359 e. The standard InChI is InChI=1S/C26H29N3O4S/c1-15-8-5-6-10-17(15)27-22(30)19-18-11-12-26(33-18)20(19)24(32)29(14-16-9-7-13-34-16)21(26)23(31)28-25(2,3)4/h5-13,18-21H,14H2,1-4H3,(H,27,30)(H,28,31)/t18-,19-,20-,21+,26-/m1/s1. The molecule has 3 aliphatic rings. The van der Waals surface area contributed by atoms with Gasteiger partial charge in [-0.2, -0.15) is 0 Å². The summed E-state index contributed by atoms with van der Waals surface area (Å²) in [6.07, 6.45) is 3.11. The number of aryl methyl sites for hydroxylation is 1. The Labute approximate surface area is 203 Å². The highest BCUT2D eigenvalue weighted by Gasteiger charge is 2.72. The van der Waals surface area contributed by atoms with Crippen molar-refractivity contribution in [2.24, 2.45) is 11.8 Å². The number of nitrogens with one attached hydrogen (secondary N) is 2. The number of hydrogen-bond acceptors (Lipinski definition) is 5. The number of para-hydroxylation sites is 1. The van der Waals surface area contributed by atoms with E-state index in [-0.39, 0.29) is 17.7 Å². The molecule has 178 valence electrons. The van der Waals surface area contributed by atoms with Gasteiger partial charge in [0.1, 0.15) is 11.6 Å². The maximum absolute atomic E-state index is 13.9. The van der Waals surface area contributed by atoms with E-state index in [2.05, 4.69) is 10.6 Å². The molecule has 2 fully saturated rings. The predicted molar refractivity (Wildman–Crippen MR) is 130 cm³/mol. The molecule has 7 nitrogen and oxygen atoms in total. The molecular formula is C26H29N3O4S. The normalized spacial score (nSPS) is 29.4. The number of rotatable bonds is 5. The van der Waals surface area contributed by atoms with E-state index < -0.39 is 35.1 Å². The fourth-order valence-corrected chi connectivity index (χ4v) is 6.08. The van der Waals surface area contributed by atoms with Crippen LogP contribution < -0.4 is 10.6 Å². The van der Waals surface area contributed by atoms with E-state index in [1.165, 1.54) is 11.3 Å². The van der Waals surface area contributed by atoms with E-state index >= 15 is 0 Å². The second-order valence-corrected chi connectivity index (χ2v) is 11.3. The summed E-state index contributed by atoms with van der Waals surface area (Å²) in [4.78, 5) is 43.5. The third-order valence-corrected chi connectivity index (χ3v) is 7.59. The number of ether oxygens (including phenoxy) is 1. The number of hydrogen-bond donors (Lipinski definition) is 2. The zero-order valence-corrected chi connectivity index (χ0v) is 20.5. The van der Waals surface area contributed by atoms with Crippen molar-refractivity contribution in [3.63, 3.8) is 0 Å². The lowest BCUT2D eigenvalue weighted by Gasteiger charge is -2.34. The van der Waals surface area contributed by atoms with Crippen molar-refractivity contribution >= 4 is 34.7 Å². The lowest BCUT2D eigenvalue weighted by atomic mass is 9.74. The summed E-state index contributed by atoms with van der Waals surface area (Å²) >= 11 is 1.53. The molecule has 5 atom stereocenters. The summed E-state index contributed by atoms with van der Waals surface area (Å²) in [5.41, 5.74) is -0.00564. The van der Waals surface area contributed by atoms with Gasteiger partial charge < -0.3 is 20.3 Å². The molecule has 4 heterocycles. The lowest BCUT2D eigenvalue weighted by Crippen LogP contribution is -2.57. The molecule has 5 rings (SSSR count). The molecule has 0 saturated carbocycles. The summed E-state index contributed by atoms with van der Waals surface area (Å²) in [5, 5.41) is 7.96. The number of benzene rings is 1. The van der Waals surface area contributed by atoms with Gasteiger partial charge in [-0.3, -0.25) is 14.4 Å². The van der Waals surface area contributed by atoms with E-state index in [9.17, 15) is 14.4 Å². The van der Waals surface area contributed by atoms with Crippen LogP contribution in [0.4, 0.5) is 5.69 Å². The van der Waals surface area contributed by atoms with Crippen LogP contribution >= 0.6 is 11.3 Å². The summed E-state index contributed by atoms with van der Waals surface area (Å²) in [6.45, 7) is 7.93. The molecule has 1 spiro atoms. The first kappa shape index (κ1) is 22.8. The van der Waals surface area contributed by atoms with Crippen molar-refractivity contribution in [3.8, 4) is 0 Å². The number of amides is 3. The fourth-order valence-electron chi connectivity index (χ4n) is 5.38. The van der Waals surface area contributed by atoms with Gasteiger partial charge in [-0.05, 0) is 50.8 Å². The summed E-state index contributed by atoms with van der Waals surface area (Å²) < 4.78 is 6.36. The van der Waals surface area contributed by atoms with Crippen molar-refractivity contribution in [1.29, 1.82) is 0 Å². The molecule has 1 aromatic heterocycles. The average Bonchev–Trinajstić information content (AvgIpc) is 3.51. The molecule has 2 aromatic rings. The smallest absolute Gasteiger partial charge is 0.246 e. The predicted octanol–water partition coefficient (Wildman–Crippen LogP) is 3.26. The van der Waals surface area contributed by atoms with E-state index in [0.29, 0.717) is 12.2 Å². The summed E-state index contributed by atoms with van der Waals surface area (Å²) in [6, 6.07) is 10.5. The molecule has 2 saturated heterocycles. The minimum atomic E-state index is -1.16. The Balaban J connectivity index is 1.51. The van der Waals surface area contributed by atoms with Gasteiger partial charge in [0.2, 0.25) is 17.7 Å². The fraction of sp³-hybridized carbons (Fsp3) is 0.423. The molecule has 1 aromatic carbocycles. The number of nitrogens with zero attached hydrogens (tertiary/aromatic N) is 1. The van der Waals surface area contributed by atoms with Crippen molar-refractivity contribution in [2.45, 2.75) is 57.5 Å².